The summed E-state index contributed by atoms with van der Waals surface area (Å²) in [6.45, 7) is 3.05. The molecule has 0 saturated carbocycles. The Balaban J connectivity index is 2.14. The van der Waals surface area contributed by atoms with Gasteiger partial charge in [0.25, 0.3) is 0 Å². The van der Waals surface area contributed by atoms with Crippen LogP contribution in [0.1, 0.15) is 44.6 Å². The van der Waals surface area contributed by atoms with E-state index in [0.717, 1.165) is 0 Å². The molecule has 0 bridgehead atoms. The maximum Gasteiger partial charge on any atom is 0.315 e. The number of hydrogen-bond acceptors (Lipinski definition) is 7. The molecule has 0 amide bonds. The van der Waals surface area contributed by atoms with Crippen LogP contribution in [0.2, 0.25) is 0 Å². The monoisotopic (exact) mass is 384 g/mol. The number of nitrogens with zero attached hydrogens (tertiary/aromatic N) is 1. The number of hydrogen-bond donors (Lipinski definition) is 0. The van der Waals surface area contributed by atoms with Crippen molar-refractivity contribution in [2.24, 2.45) is 10.9 Å². The Morgan fingerprint density at radius 3 is 2.71 bits per heavy atom. The third-order valence-electron chi connectivity index (χ3n) is 4.97. The van der Waals surface area contributed by atoms with E-state index in [4.69, 9.17) is 9.47 Å². The Morgan fingerprint density at radius 2 is 2.00 bits per heavy atom. The lowest BCUT2D eigenvalue weighted by molar-refractivity contribution is -0.307. The second-order valence-corrected chi connectivity index (χ2v) is 6.80. The summed E-state index contributed by atoms with van der Waals surface area (Å²) in [5.74, 6) is -2.97. The molecule has 7 heteroatoms. The molecule has 1 aromatic rings. The minimum Gasteiger partial charge on any atom is -0.546 e. The van der Waals surface area contributed by atoms with Gasteiger partial charge in [0.15, 0.2) is 5.78 Å². The van der Waals surface area contributed by atoms with Crippen LogP contribution < -0.4 is 9.84 Å². The second kappa shape index (κ2) is 8.37. The minimum atomic E-state index is -1.35. The van der Waals surface area contributed by atoms with Crippen LogP contribution in [-0.2, 0) is 19.1 Å². The molecule has 0 spiro atoms. The van der Waals surface area contributed by atoms with Crippen LogP contribution in [0.15, 0.2) is 40.5 Å². The maximum absolute atomic E-state index is 12.8. The zero-order valence-electron chi connectivity index (χ0n) is 15.9. The molecule has 0 saturated heterocycles. The van der Waals surface area contributed by atoms with Gasteiger partial charge in [-0.2, -0.15) is 0 Å². The molecule has 28 heavy (non-hydrogen) atoms. The van der Waals surface area contributed by atoms with Crippen molar-refractivity contribution >= 4 is 23.4 Å². The predicted molar refractivity (Wildman–Crippen MR) is 98.8 cm³/mol. The summed E-state index contributed by atoms with van der Waals surface area (Å²) in [6, 6.07) is 6.83. The van der Waals surface area contributed by atoms with Gasteiger partial charge in [0.2, 0.25) is 0 Å². The molecule has 1 aliphatic carbocycles. The summed E-state index contributed by atoms with van der Waals surface area (Å²) in [5.41, 5.74) is 2.33. The summed E-state index contributed by atoms with van der Waals surface area (Å²) in [7, 11) is 0. The van der Waals surface area contributed by atoms with Crippen molar-refractivity contribution in [1.82, 2.24) is 0 Å². The number of rotatable bonds is 6. The Hall–Kier alpha value is -2.96. The van der Waals surface area contributed by atoms with Gasteiger partial charge >= 0.3 is 5.97 Å². The third kappa shape index (κ3) is 3.83. The van der Waals surface area contributed by atoms with Gasteiger partial charge in [0, 0.05) is 34.9 Å². The first-order valence-corrected chi connectivity index (χ1v) is 9.33. The van der Waals surface area contributed by atoms with Crippen LogP contribution in [0.4, 0.5) is 0 Å². The zero-order chi connectivity index (χ0) is 20.3. The van der Waals surface area contributed by atoms with Crippen LogP contribution >= 0.6 is 0 Å². The van der Waals surface area contributed by atoms with E-state index in [9.17, 15) is 19.5 Å². The Labute approximate surface area is 163 Å². The highest BCUT2D eigenvalue weighted by atomic mass is 16.5. The van der Waals surface area contributed by atoms with Gasteiger partial charge in [-0.1, -0.05) is 18.2 Å². The lowest BCUT2D eigenvalue weighted by atomic mass is 9.71. The molecule has 1 aromatic carbocycles. The van der Waals surface area contributed by atoms with Gasteiger partial charge in [-0.05, 0) is 32.8 Å². The van der Waals surface area contributed by atoms with Gasteiger partial charge in [0.1, 0.15) is 18.3 Å². The molecule has 7 nitrogen and oxygen atoms in total. The van der Waals surface area contributed by atoms with Gasteiger partial charge in [-0.3, -0.25) is 14.6 Å². The average molecular weight is 384 g/mol. The minimum absolute atomic E-state index is 0.0495. The Kier molecular flexibility index (Phi) is 5.92. The standard InChI is InChI=1S/C21H23NO6/c1-3-27-21(26)18-12(2)22-14-8-6-9-15(23)20(14)19(18)13-7-4-5-10-16(13)28-11-17(24)25/h4-5,7,10,18-19H,3,6,8-9,11H2,1-2H3,(H,24,25)/p-1/t18?,19-/m1/s1. The molecular formula is C21H22NO6-. The number of carbonyl (C=O) groups excluding carboxylic acids is 3. The van der Waals surface area contributed by atoms with Gasteiger partial charge in [-0.15, -0.1) is 0 Å². The van der Waals surface area contributed by atoms with Crippen LogP contribution in [0, 0.1) is 5.92 Å². The number of carboxylic acid groups (broad SMARTS) is 1. The van der Waals surface area contributed by atoms with Crippen LogP contribution in [0.5, 0.6) is 5.75 Å². The van der Waals surface area contributed by atoms with Crippen LogP contribution in [-0.4, -0.2) is 36.6 Å². The quantitative estimate of drug-likeness (QED) is 0.689. The van der Waals surface area contributed by atoms with E-state index in [0.29, 0.717) is 47.6 Å². The number of carboxylic acids is 1. The van der Waals surface area contributed by atoms with E-state index in [1.807, 2.05) is 0 Å². The number of para-hydroxylation sites is 1. The molecular weight excluding hydrogens is 362 g/mol. The number of Topliss-reactive ketones (excluding diaryl/α,β-unsaturated/α-hetero) is 1. The maximum atomic E-state index is 12.8. The second-order valence-electron chi connectivity index (χ2n) is 6.80. The molecule has 2 aliphatic rings. The van der Waals surface area contributed by atoms with Crippen molar-refractivity contribution in [1.29, 1.82) is 0 Å². The van der Waals surface area contributed by atoms with Crippen molar-refractivity contribution in [2.75, 3.05) is 13.2 Å². The molecule has 0 radical (unpaired) electrons. The highest BCUT2D eigenvalue weighted by molar-refractivity contribution is 6.09. The summed E-state index contributed by atoms with van der Waals surface area (Å²) in [6.07, 6.45) is 1.77. The number of allylic oxidation sites excluding steroid dienone is 2. The van der Waals surface area contributed by atoms with E-state index in [1.165, 1.54) is 0 Å². The molecule has 1 unspecified atom stereocenters. The normalized spacial score (nSPS) is 21.6. The summed E-state index contributed by atoms with van der Waals surface area (Å²) < 4.78 is 10.7. The van der Waals surface area contributed by atoms with E-state index < -0.39 is 30.4 Å². The number of ether oxygens (including phenoxy) is 2. The molecule has 0 aromatic heterocycles. The average Bonchev–Trinajstić information content (AvgIpc) is 2.66. The fraction of sp³-hybridized carbons (Fsp3) is 0.429. The summed E-state index contributed by atoms with van der Waals surface area (Å²) >= 11 is 0. The zero-order valence-corrected chi connectivity index (χ0v) is 15.9. The lowest BCUT2D eigenvalue weighted by Gasteiger charge is -2.35. The fourth-order valence-electron chi connectivity index (χ4n) is 3.89. The first-order valence-electron chi connectivity index (χ1n) is 9.33. The number of esters is 1. The highest BCUT2D eigenvalue weighted by Gasteiger charge is 2.44. The summed E-state index contributed by atoms with van der Waals surface area (Å²) in [5, 5.41) is 10.9. The first kappa shape index (κ1) is 19.8. The molecule has 0 fully saturated rings. The summed E-state index contributed by atoms with van der Waals surface area (Å²) in [4.78, 5) is 41.0. The van der Waals surface area contributed by atoms with Crippen molar-refractivity contribution in [3.63, 3.8) is 0 Å². The highest BCUT2D eigenvalue weighted by Crippen LogP contribution is 2.46. The lowest BCUT2D eigenvalue weighted by Crippen LogP contribution is -2.37. The van der Waals surface area contributed by atoms with Crippen LogP contribution in [0.3, 0.4) is 0 Å². The van der Waals surface area contributed by atoms with E-state index >= 15 is 0 Å². The SMILES string of the molecule is CCOC(=O)C1C(C)=NC2=C(C(=O)CCC2)[C@@H]1c1ccccc1OCC(=O)[O-]. The molecule has 2 atom stereocenters. The Bertz CT molecular complexity index is 869. The van der Waals surface area contributed by atoms with Crippen molar-refractivity contribution in [3.8, 4) is 5.75 Å². The molecule has 1 aliphatic heterocycles. The van der Waals surface area contributed by atoms with Crippen molar-refractivity contribution in [2.45, 2.75) is 39.0 Å². The molecule has 3 rings (SSSR count). The molecule has 0 N–H and O–H groups in total. The van der Waals surface area contributed by atoms with Crippen molar-refractivity contribution < 1.29 is 29.0 Å². The number of ketones is 1. The smallest absolute Gasteiger partial charge is 0.315 e. The fourth-order valence-corrected chi connectivity index (χ4v) is 3.89. The first-order chi connectivity index (χ1) is 13.4. The van der Waals surface area contributed by atoms with Gasteiger partial charge < -0.3 is 19.4 Å². The predicted octanol–water partition coefficient (Wildman–Crippen LogP) is 1.56. The molecule has 1 heterocycles. The largest absolute Gasteiger partial charge is 0.546 e. The third-order valence-corrected chi connectivity index (χ3v) is 4.97. The number of aliphatic carboxylic acids is 1. The van der Waals surface area contributed by atoms with E-state index in [-0.39, 0.29) is 12.4 Å². The topological polar surface area (TPSA) is 105 Å². The van der Waals surface area contributed by atoms with Gasteiger partial charge in [-0.25, -0.2) is 0 Å². The van der Waals surface area contributed by atoms with Crippen molar-refractivity contribution in [3.05, 3.63) is 41.1 Å². The Morgan fingerprint density at radius 1 is 1.25 bits per heavy atom. The van der Waals surface area contributed by atoms with E-state index in [1.54, 1.807) is 38.1 Å². The van der Waals surface area contributed by atoms with Gasteiger partial charge in [0.05, 0.1) is 12.6 Å². The van der Waals surface area contributed by atoms with Crippen LogP contribution in [0.25, 0.3) is 0 Å². The number of aliphatic imine (C=N–C) groups is 1. The number of carbonyl (C=O) groups is 3. The molecule has 148 valence electrons. The van der Waals surface area contributed by atoms with E-state index in [2.05, 4.69) is 4.99 Å². The number of benzene rings is 1.